The van der Waals surface area contributed by atoms with E-state index < -0.39 is 17.1 Å². The smallest absolute Gasteiger partial charge is 0.427 e. The molecule has 5 nitrogen and oxygen atoms in total. The zero-order valence-corrected chi connectivity index (χ0v) is 12.4. The van der Waals surface area contributed by atoms with Gasteiger partial charge in [0.05, 0.1) is 13.3 Å². The first kappa shape index (κ1) is 16.1. The highest BCUT2D eigenvalue weighted by Crippen LogP contribution is 2.35. The lowest BCUT2D eigenvalue weighted by Crippen LogP contribution is -2.19. The van der Waals surface area contributed by atoms with Crippen molar-refractivity contribution in [1.29, 1.82) is 0 Å². The molecular formula is C13H12F3N3O2S. The number of carbonyl (C=O) groups is 1. The molecule has 0 bridgehead atoms. The molecule has 0 radical (unpaired) electrons. The topological polar surface area (TPSA) is 63.2 Å². The molecule has 1 aromatic carbocycles. The number of anilines is 2. The van der Waals surface area contributed by atoms with Gasteiger partial charge in [-0.1, -0.05) is 11.3 Å². The summed E-state index contributed by atoms with van der Waals surface area (Å²) in [4.78, 5) is 14.4. The number of aryl methyl sites for hydroxylation is 1. The molecule has 118 valence electrons. The molecule has 0 saturated heterocycles. The molecule has 0 aliphatic carbocycles. The van der Waals surface area contributed by atoms with Gasteiger partial charge in [0, 0.05) is 5.69 Å². The first-order chi connectivity index (χ1) is 10.3. The summed E-state index contributed by atoms with van der Waals surface area (Å²) in [6.07, 6.45) is -3.79. The van der Waals surface area contributed by atoms with Crippen molar-refractivity contribution in [1.82, 2.24) is 4.98 Å². The molecule has 9 heteroatoms. The van der Waals surface area contributed by atoms with Gasteiger partial charge in [-0.2, -0.15) is 13.2 Å². The Hall–Kier alpha value is -2.29. The van der Waals surface area contributed by atoms with Crippen LogP contribution in [0.3, 0.4) is 0 Å². The van der Waals surface area contributed by atoms with E-state index in [1.807, 2.05) is 0 Å². The van der Waals surface area contributed by atoms with Crippen molar-refractivity contribution in [3.8, 4) is 5.75 Å². The lowest BCUT2D eigenvalue weighted by Gasteiger charge is -2.09. The van der Waals surface area contributed by atoms with Crippen LogP contribution in [0.25, 0.3) is 0 Å². The second kappa shape index (κ2) is 6.22. The average Bonchev–Trinajstić information content (AvgIpc) is 2.89. The summed E-state index contributed by atoms with van der Waals surface area (Å²) in [7, 11) is 1.52. The van der Waals surface area contributed by atoms with E-state index in [1.165, 1.54) is 7.11 Å². The molecule has 2 amide bonds. The fraction of sp³-hybridized carbons (Fsp3) is 0.231. The van der Waals surface area contributed by atoms with E-state index in [2.05, 4.69) is 15.6 Å². The summed E-state index contributed by atoms with van der Waals surface area (Å²) in [5, 5.41) is 4.67. The molecule has 1 heterocycles. The maximum atomic E-state index is 12.4. The van der Waals surface area contributed by atoms with Gasteiger partial charge in [0.2, 0.25) is 0 Å². The van der Waals surface area contributed by atoms with Gasteiger partial charge >= 0.3 is 12.2 Å². The number of ether oxygens (including phenoxy) is 1. The van der Waals surface area contributed by atoms with E-state index in [9.17, 15) is 18.0 Å². The van der Waals surface area contributed by atoms with E-state index in [4.69, 9.17) is 4.74 Å². The first-order valence-corrected chi connectivity index (χ1v) is 6.87. The van der Waals surface area contributed by atoms with Crippen molar-refractivity contribution >= 4 is 28.2 Å². The Morgan fingerprint density at radius 2 is 2.05 bits per heavy atom. The molecule has 0 unspecified atom stereocenters. The lowest BCUT2D eigenvalue weighted by atomic mass is 10.2. The maximum Gasteiger partial charge on any atom is 0.427 e. The van der Waals surface area contributed by atoms with Crippen molar-refractivity contribution in [2.45, 2.75) is 13.1 Å². The van der Waals surface area contributed by atoms with Gasteiger partial charge in [0.1, 0.15) is 10.6 Å². The van der Waals surface area contributed by atoms with Crippen LogP contribution in [0.1, 0.15) is 10.4 Å². The van der Waals surface area contributed by atoms with Gasteiger partial charge in [-0.25, -0.2) is 9.78 Å². The van der Waals surface area contributed by atoms with Crippen LogP contribution in [0.4, 0.5) is 28.8 Å². The second-order valence-electron chi connectivity index (χ2n) is 4.29. The van der Waals surface area contributed by atoms with Crippen molar-refractivity contribution in [2.24, 2.45) is 0 Å². The molecule has 0 fully saturated rings. The third-order valence-electron chi connectivity index (χ3n) is 2.69. The SMILES string of the molecule is COc1ccc(NC(=O)Nc2ncc(C(F)(F)F)s2)c(C)c1. The van der Waals surface area contributed by atoms with Gasteiger partial charge in [-0.05, 0) is 30.7 Å². The standard InChI is InChI=1S/C13H12F3N3O2S/c1-7-5-8(21-2)3-4-9(7)18-11(20)19-12-17-6-10(22-12)13(14,15)16/h3-6H,1-2H3,(H2,17,18,19,20). The van der Waals surface area contributed by atoms with Crippen molar-refractivity contribution in [2.75, 3.05) is 17.7 Å². The van der Waals surface area contributed by atoms with Crippen molar-refractivity contribution in [3.63, 3.8) is 0 Å². The average molecular weight is 331 g/mol. The molecule has 0 aliphatic heterocycles. The Bertz CT molecular complexity index is 685. The third kappa shape index (κ3) is 3.88. The summed E-state index contributed by atoms with van der Waals surface area (Å²) < 4.78 is 42.4. The highest BCUT2D eigenvalue weighted by molar-refractivity contribution is 7.15. The number of carbonyl (C=O) groups excluding carboxylic acids is 1. The molecule has 0 saturated carbocycles. The largest absolute Gasteiger partial charge is 0.497 e. The van der Waals surface area contributed by atoms with Crippen LogP contribution in [0.5, 0.6) is 5.75 Å². The Balaban J connectivity index is 2.03. The Morgan fingerprint density at radius 3 is 2.59 bits per heavy atom. The van der Waals surface area contributed by atoms with Crippen LogP contribution < -0.4 is 15.4 Å². The fourth-order valence-electron chi connectivity index (χ4n) is 1.62. The predicted molar refractivity (Wildman–Crippen MR) is 77.5 cm³/mol. The number of rotatable bonds is 3. The Labute approximate surface area is 128 Å². The summed E-state index contributed by atoms with van der Waals surface area (Å²) in [5.41, 5.74) is 1.27. The number of urea groups is 1. The summed E-state index contributed by atoms with van der Waals surface area (Å²) in [6.45, 7) is 1.77. The minimum atomic E-state index is -4.47. The van der Waals surface area contributed by atoms with Crippen LogP contribution >= 0.6 is 11.3 Å². The quantitative estimate of drug-likeness (QED) is 0.889. The third-order valence-corrected chi connectivity index (χ3v) is 3.64. The van der Waals surface area contributed by atoms with Crippen LogP contribution in [-0.4, -0.2) is 18.1 Å². The van der Waals surface area contributed by atoms with Gasteiger partial charge in [-0.15, -0.1) is 0 Å². The fourth-order valence-corrected chi connectivity index (χ4v) is 2.30. The number of methoxy groups -OCH3 is 1. The number of aromatic nitrogens is 1. The number of nitrogens with one attached hydrogen (secondary N) is 2. The minimum absolute atomic E-state index is 0.129. The second-order valence-corrected chi connectivity index (χ2v) is 5.32. The lowest BCUT2D eigenvalue weighted by molar-refractivity contribution is -0.134. The first-order valence-electron chi connectivity index (χ1n) is 6.05. The number of alkyl halides is 3. The molecule has 2 aromatic rings. The van der Waals surface area contributed by atoms with E-state index in [-0.39, 0.29) is 5.13 Å². The summed E-state index contributed by atoms with van der Waals surface area (Å²) in [5.74, 6) is 0.637. The normalized spacial score (nSPS) is 11.1. The molecule has 2 rings (SSSR count). The Kier molecular flexibility index (Phi) is 4.55. The number of nitrogens with zero attached hydrogens (tertiary/aromatic N) is 1. The van der Waals surface area contributed by atoms with Gasteiger partial charge in [-0.3, -0.25) is 5.32 Å². The van der Waals surface area contributed by atoms with Gasteiger partial charge < -0.3 is 10.1 Å². The van der Waals surface area contributed by atoms with Crippen LogP contribution in [0.2, 0.25) is 0 Å². The van der Waals surface area contributed by atoms with E-state index in [0.717, 1.165) is 5.56 Å². The van der Waals surface area contributed by atoms with Crippen molar-refractivity contribution in [3.05, 3.63) is 34.8 Å². The minimum Gasteiger partial charge on any atom is -0.497 e. The number of hydrogen-bond acceptors (Lipinski definition) is 4. The molecule has 22 heavy (non-hydrogen) atoms. The number of halogens is 3. The van der Waals surface area contributed by atoms with Crippen LogP contribution in [0.15, 0.2) is 24.4 Å². The molecular weight excluding hydrogens is 319 g/mol. The van der Waals surface area contributed by atoms with Crippen LogP contribution in [-0.2, 0) is 6.18 Å². The number of thiazole rings is 1. The van der Waals surface area contributed by atoms with Gasteiger partial charge in [0.25, 0.3) is 0 Å². The number of benzene rings is 1. The van der Waals surface area contributed by atoms with Crippen LogP contribution in [0, 0.1) is 6.92 Å². The summed E-state index contributed by atoms with van der Waals surface area (Å²) >= 11 is 0.361. The summed E-state index contributed by atoms with van der Waals surface area (Å²) in [6, 6.07) is 4.35. The van der Waals surface area contributed by atoms with E-state index >= 15 is 0 Å². The molecule has 0 spiro atoms. The van der Waals surface area contributed by atoms with E-state index in [0.29, 0.717) is 29.0 Å². The molecule has 1 aromatic heterocycles. The number of amides is 2. The molecule has 2 N–H and O–H groups in total. The highest BCUT2D eigenvalue weighted by Gasteiger charge is 2.33. The maximum absolute atomic E-state index is 12.4. The number of hydrogen-bond donors (Lipinski definition) is 2. The molecule has 0 atom stereocenters. The van der Waals surface area contributed by atoms with Crippen molar-refractivity contribution < 1.29 is 22.7 Å². The zero-order valence-electron chi connectivity index (χ0n) is 11.6. The monoisotopic (exact) mass is 331 g/mol. The zero-order chi connectivity index (χ0) is 16.3. The van der Waals surface area contributed by atoms with E-state index in [1.54, 1.807) is 25.1 Å². The highest BCUT2D eigenvalue weighted by atomic mass is 32.1. The van der Waals surface area contributed by atoms with Gasteiger partial charge in [0.15, 0.2) is 5.13 Å². The Morgan fingerprint density at radius 1 is 1.32 bits per heavy atom. The molecule has 0 aliphatic rings. The predicted octanol–water partition coefficient (Wildman–Crippen LogP) is 4.12.